The maximum Gasteiger partial charge on any atom is 0.309 e. The minimum absolute atomic E-state index is 0.0457. The second-order valence-corrected chi connectivity index (χ2v) is 12.0. The Morgan fingerprint density at radius 3 is 2.23 bits per heavy atom. The summed E-state index contributed by atoms with van der Waals surface area (Å²) in [5, 5.41) is 9.40. The third-order valence-electron chi connectivity index (χ3n) is 4.40. The van der Waals surface area contributed by atoms with E-state index in [0.29, 0.717) is 0 Å². The van der Waals surface area contributed by atoms with Crippen LogP contribution in [0.5, 0.6) is 0 Å². The van der Waals surface area contributed by atoms with Crippen LogP contribution in [0.15, 0.2) is 36.4 Å². The fourth-order valence-corrected chi connectivity index (χ4v) is 3.05. The molecule has 22 heavy (non-hydrogen) atoms. The van der Waals surface area contributed by atoms with Crippen molar-refractivity contribution in [2.24, 2.45) is 5.92 Å². The smallest absolute Gasteiger partial charge is 0.309 e. The lowest BCUT2D eigenvalue weighted by molar-refractivity contribution is -0.143. The molecule has 0 fully saturated rings. The predicted octanol–water partition coefficient (Wildman–Crippen LogP) is 4.81. The number of carboxylic acids is 1. The molecule has 0 bridgehead atoms. The molecule has 3 nitrogen and oxygen atoms in total. The van der Waals surface area contributed by atoms with Crippen LogP contribution in [0.1, 0.15) is 33.3 Å². The molecule has 1 N–H and O–H groups in total. The summed E-state index contributed by atoms with van der Waals surface area (Å²) in [7, 11) is -2.03. The van der Waals surface area contributed by atoms with Crippen molar-refractivity contribution < 1.29 is 14.3 Å². The van der Waals surface area contributed by atoms with Crippen LogP contribution in [0.3, 0.4) is 0 Å². The molecule has 0 saturated carbocycles. The fourth-order valence-electron chi connectivity index (χ4n) is 1.74. The molecule has 1 rings (SSSR count). The highest BCUT2D eigenvalue weighted by atomic mass is 28.4. The molecule has 0 spiro atoms. The quantitative estimate of drug-likeness (QED) is 0.765. The maximum absolute atomic E-state index is 11.4. The van der Waals surface area contributed by atoms with Crippen molar-refractivity contribution in [2.45, 2.75) is 51.9 Å². The van der Waals surface area contributed by atoms with E-state index < -0.39 is 26.3 Å². The van der Waals surface area contributed by atoms with Crippen LogP contribution in [-0.2, 0) is 9.22 Å². The minimum Gasteiger partial charge on any atom is -0.481 e. The van der Waals surface area contributed by atoms with E-state index >= 15 is 0 Å². The SMILES string of the molecule is C[C@H](C(=O)O)[C@H](/C=C/c1ccccc1)O[Si](C)(C)C(C)(C)C. The monoisotopic (exact) mass is 320 g/mol. The normalized spacial score (nSPS) is 15.7. The first kappa shape index (κ1) is 18.7. The molecule has 0 heterocycles. The van der Waals surface area contributed by atoms with Crippen LogP contribution < -0.4 is 0 Å². The molecule has 0 unspecified atom stereocenters. The Morgan fingerprint density at radius 1 is 1.23 bits per heavy atom. The largest absolute Gasteiger partial charge is 0.481 e. The van der Waals surface area contributed by atoms with Crippen LogP contribution in [0.25, 0.3) is 6.08 Å². The van der Waals surface area contributed by atoms with Gasteiger partial charge in [-0.25, -0.2) is 0 Å². The summed E-state index contributed by atoms with van der Waals surface area (Å²) in [6.07, 6.45) is 3.41. The Hall–Kier alpha value is -1.39. The molecule has 4 heteroatoms. The van der Waals surface area contributed by atoms with E-state index in [-0.39, 0.29) is 5.04 Å². The zero-order valence-corrected chi connectivity index (χ0v) is 15.5. The second kappa shape index (κ2) is 7.25. The van der Waals surface area contributed by atoms with Gasteiger partial charge in [-0.15, -0.1) is 0 Å². The Labute approximate surface area is 135 Å². The van der Waals surface area contributed by atoms with E-state index in [1.807, 2.05) is 42.5 Å². The number of hydrogen-bond donors (Lipinski definition) is 1. The van der Waals surface area contributed by atoms with Gasteiger partial charge < -0.3 is 9.53 Å². The van der Waals surface area contributed by atoms with Crippen LogP contribution in [-0.4, -0.2) is 25.5 Å². The highest BCUT2D eigenvalue weighted by molar-refractivity contribution is 6.74. The van der Waals surface area contributed by atoms with Crippen LogP contribution in [0.2, 0.25) is 18.1 Å². The lowest BCUT2D eigenvalue weighted by Gasteiger charge is -2.39. The Balaban J connectivity index is 3.00. The van der Waals surface area contributed by atoms with Gasteiger partial charge in [0, 0.05) is 0 Å². The summed E-state index contributed by atoms with van der Waals surface area (Å²) in [6.45, 7) is 12.5. The summed E-state index contributed by atoms with van der Waals surface area (Å²) >= 11 is 0. The number of aliphatic carboxylic acids is 1. The van der Waals surface area contributed by atoms with Crippen molar-refractivity contribution in [3.8, 4) is 0 Å². The van der Waals surface area contributed by atoms with Gasteiger partial charge >= 0.3 is 5.97 Å². The van der Waals surface area contributed by atoms with E-state index in [9.17, 15) is 9.90 Å². The van der Waals surface area contributed by atoms with Crippen molar-refractivity contribution in [2.75, 3.05) is 0 Å². The van der Waals surface area contributed by atoms with Gasteiger partial charge in [-0.3, -0.25) is 4.79 Å². The van der Waals surface area contributed by atoms with E-state index in [2.05, 4.69) is 33.9 Å². The van der Waals surface area contributed by atoms with Crippen molar-refractivity contribution in [3.05, 3.63) is 42.0 Å². The molecular formula is C18H28O3Si. The van der Waals surface area contributed by atoms with Crippen molar-refractivity contribution >= 4 is 20.4 Å². The number of carboxylic acid groups (broad SMARTS) is 1. The van der Waals surface area contributed by atoms with Crippen molar-refractivity contribution in [1.82, 2.24) is 0 Å². The zero-order valence-electron chi connectivity index (χ0n) is 14.5. The average molecular weight is 321 g/mol. The van der Waals surface area contributed by atoms with Gasteiger partial charge in [0.25, 0.3) is 0 Å². The van der Waals surface area contributed by atoms with Gasteiger partial charge in [0.05, 0.1) is 12.0 Å². The highest BCUT2D eigenvalue weighted by Gasteiger charge is 2.40. The lowest BCUT2D eigenvalue weighted by atomic mass is 10.0. The summed E-state index contributed by atoms with van der Waals surface area (Å²) in [6, 6.07) is 9.87. The maximum atomic E-state index is 11.4. The topological polar surface area (TPSA) is 46.5 Å². The first-order valence-corrected chi connectivity index (χ1v) is 10.6. The average Bonchev–Trinajstić information content (AvgIpc) is 2.42. The molecule has 1 aromatic rings. The molecule has 1 aromatic carbocycles. The molecule has 0 saturated heterocycles. The van der Waals surface area contributed by atoms with Gasteiger partial charge in [-0.2, -0.15) is 0 Å². The van der Waals surface area contributed by atoms with E-state index in [0.717, 1.165) is 5.56 Å². The van der Waals surface area contributed by atoms with Gasteiger partial charge in [-0.1, -0.05) is 63.3 Å². The van der Waals surface area contributed by atoms with Crippen LogP contribution in [0, 0.1) is 5.92 Å². The number of carbonyl (C=O) groups is 1. The summed E-state index contributed by atoms with van der Waals surface area (Å²) in [5.41, 5.74) is 1.05. The second-order valence-electron chi connectivity index (χ2n) is 7.24. The number of benzene rings is 1. The fraction of sp³-hybridized carbons (Fsp3) is 0.500. The first-order chi connectivity index (χ1) is 10.0. The van der Waals surface area contributed by atoms with Crippen LogP contribution >= 0.6 is 0 Å². The summed E-state index contributed by atoms with van der Waals surface area (Å²) in [5.74, 6) is -1.41. The standard InChI is InChI=1S/C18H28O3Si/c1-14(17(19)20)16(21-22(5,6)18(2,3)4)13-12-15-10-8-7-9-11-15/h7-14,16H,1-6H3,(H,19,20)/b13-12+/t14-,16-/m0/s1. The third-order valence-corrected chi connectivity index (χ3v) is 8.87. The third kappa shape index (κ3) is 5.11. The molecule has 0 aliphatic carbocycles. The zero-order chi connectivity index (χ0) is 17.0. The van der Waals surface area contributed by atoms with Gasteiger partial charge in [0.2, 0.25) is 0 Å². The Kier molecular flexibility index (Phi) is 6.14. The molecular weight excluding hydrogens is 292 g/mol. The van der Waals surface area contributed by atoms with Crippen molar-refractivity contribution in [3.63, 3.8) is 0 Å². The molecule has 122 valence electrons. The van der Waals surface area contributed by atoms with Gasteiger partial charge in [-0.05, 0) is 30.6 Å². The molecule has 0 amide bonds. The summed E-state index contributed by atoms with van der Waals surface area (Å²) < 4.78 is 6.32. The molecule has 0 aromatic heterocycles. The molecule has 0 radical (unpaired) electrons. The van der Waals surface area contributed by atoms with Gasteiger partial charge in [0.1, 0.15) is 0 Å². The molecule has 2 atom stereocenters. The Bertz CT molecular complexity index is 515. The lowest BCUT2D eigenvalue weighted by Crippen LogP contribution is -2.46. The van der Waals surface area contributed by atoms with Crippen LogP contribution in [0.4, 0.5) is 0 Å². The van der Waals surface area contributed by atoms with E-state index in [4.69, 9.17) is 4.43 Å². The predicted molar refractivity (Wildman–Crippen MR) is 94.3 cm³/mol. The highest BCUT2D eigenvalue weighted by Crippen LogP contribution is 2.38. The van der Waals surface area contributed by atoms with Gasteiger partial charge in [0.15, 0.2) is 8.32 Å². The number of rotatable bonds is 6. The van der Waals surface area contributed by atoms with Crippen molar-refractivity contribution in [1.29, 1.82) is 0 Å². The van der Waals surface area contributed by atoms with E-state index in [1.165, 1.54) is 0 Å². The van der Waals surface area contributed by atoms with E-state index in [1.54, 1.807) is 6.92 Å². The molecule has 0 aliphatic heterocycles. The first-order valence-electron chi connectivity index (χ1n) is 7.68. The number of hydrogen-bond acceptors (Lipinski definition) is 2. The minimum atomic E-state index is -2.03. The molecule has 0 aliphatic rings. The summed E-state index contributed by atoms with van der Waals surface area (Å²) in [4.78, 5) is 11.4. The Morgan fingerprint density at radius 2 is 1.77 bits per heavy atom.